The standard InChI is InChI=1S/C12H19NOS/c1-5-10-6-11(15-9(10)4)12(14)13-7-8(2)3/h6,8H,5,7H2,1-4H3,(H,13,14). The Bertz CT molecular complexity index is 341. The fraction of sp³-hybridized carbons (Fsp3) is 0.583. The zero-order valence-electron chi connectivity index (χ0n) is 9.89. The molecule has 0 spiro atoms. The molecule has 0 aliphatic rings. The lowest BCUT2D eigenvalue weighted by Crippen LogP contribution is -2.26. The first-order valence-corrected chi connectivity index (χ1v) is 6.23. The predicted molar refractivity (Wildman–Crippen MR) is 65.6 cm³/mol. The second-order valence-corrected chi connectivity index (χ2v) is 5.41. The minimum Gasteiger partial charge on any atom is -0.351 e. The van der Waals surface area contributed by atoms with Crippen LogP contribution in [-0.2, 0) is 6.42 Å². The van der Waals surface area contributed by atoms with Crippen molar-refractivity contribution in [1.29, 1.82) is 0 Å². The van der Waals surface area contributed by atoms with Crippen LogP contribution in [0.3, 0.4) is 0 Å². The highest BCUT2D eigenvalue weighted by atomic mass is 32.1. The third kappa shape index (κ3) is 3.34. The van der Waals surface area contributed by atoms with Crippen molar-refractivity contribution in [3.63, 3.8) is 0 Å². The van der Waals surface area contributed by atoms with Crippen molar-refractivity contribution in [2.45, 2.75) is 34.1 Å². The highest BCUT2D eigenvalue weighted by Crippen LogP contribution is 2.21. The lowest BCUT2D eigenvalue weighted by molar-refractivity contribution is 0.0953. The fourth-order valence-corrected chi connectivity index (χ4v) is 2.40. The molecule has 2 nitrogen and oxygen atoms in total. The number of carbonyl (C=O) groups excluding carboxylic acids is 1. The first-order valence-electron chi connectivity index (χ1n) is 5.42. The third-order valence-corrected chi connectivity index (χ3v) is 3.39. The van der Waals surface area contributed by atoms with E-state index in [4.69, 9.17) is 0 Å². The summed E-state index contributed by atoms with van der Waals surface area (Å²) in [5.74, 6) is 0.567. The maximum absolute atomic E-state index is 11.7. The highest BCUT2D eigenvalue weighted by molar-refractivity contribution is 7.14. The molecule has 0 radical (unpaired) electrons. The Morgan fingerprint density at radius 1 is 1.53 bits per heavy atom. The highest BCUT2D eigenvalue weighted by Gasteiger charge is 2.11. The van der Waals surface area contributed by atoms with Crippen LogP contribution in [0.1, 0.15) is 40.9 Å². The van der Waals surface area contributed by atoms with E-state index in [0.717, 1.165) is 17.8 Å². The van der Waals surface area contributed by atoms with Gasteiger partial charge in [0.05, 0.1) is 4.88 Å². The Morgan fingerprint density at radius 2 is 2.20 bits per heavy atom. The summed E-state index contributed by atoms with van der Waals surface area (Å²) in [6.45, 7) is 9.12. The van der Waals surface area contributed by atoms with E-state index in [2.05, 4.69) is 33.0 Å². The van der Waals surface area contributed by atoms with Crippen molar-refractivity contribution in [2.75, 3.05) is 6.54 Å². The summed E-state index contributed by atoms with van der Waals surface area (Å²) in [5.41, 5.74) is 1.29. The van der Waals surface area contributed by atoms with Gasteiger partial charge in [-0.3, -0.25) is 4.79 Å². The smallest absolute Gasteiger partial charge is 0.261 e. The largest absolute Gasteiger partial charge is 0.351 e. The van der Waals surface area contributed by atoms with E-state index in [1.165, 1.54) is 10.4 Å². The van der Waals surface area contributed by atoms with Crippen LogP contribution in [0.15, 0.2) is 6.07 Å². The molecule has 1 N–H and O–H groups in total. The molecule has 15 heavy (non-hydrogen) atoms. The SMILES string of the molecule is CCc1cc(C(=O)NCC(C)C)sc1C. The normalized spacial score (nSPS) is 10.7. The van der Waals surface area contributed by atoms with Gasteiger partial charge in [-0.15, -0.1) is 11.3 Å². The van der Waals surface area contributed by atoms with Gasteiger partial charge in [-0.1, -0.05) is 20.8 Å². The Morgan fingerprint density at radius 3 is 2.67 bits per heavy atom. The molecular weight excluding hydrogens is 206 g/mol. The predicted octanol–water partition coefficient (Wildman–Crippen LogP) is 3.00. The van der Waals surface area contributed by atoms with E-state index < -0.39 is 0 Å². The molecule has 1 aromatic rings. The number of hydrogen-bond acceptors (Lipinski definition) is 2. The lowest BCUT2D eigenvalue weighted by atomic mass is 10.2. The van der Waals surface area contributed by atoms with Gasteiger partial charge < -0.3 is 5.32 Å². The summed E-state index contributed by atoms with van der Waals surface area (Å²) < 4.78 is 0. The van der Waals surface area contributed by atoms with Crippen LogP contribution in [0.5, 0.6) is 0 Å². The molecule has 1 amide bonds. The number of aryl methyl sites for hydroxylation is 2. The number of nitrogens with one attached hydrogen (secondary N) is 1. The Hall–Kier alpha value is -0.830. The molecule has 0 atom stereocenters. The van der Waals surface area contributed by atoms with Gasteiger partial charge in [0.1, 0.15) is 0 Å². The van der Waals surface area contributed by atoms with Crippen molar-refractivity contribution in [2.24, 2.45) is 5.92 Å². The minimum absolute atomic E-state index is 0.0662. The Kier molecular flexibility index (Phi) is 4.33. The Balaban J connectivity index is 2.66. The maximum Gasteiger partial charge on any atom is 0.261 e. The van der Waals surface area contributed by atoms with Gasteiger partial charge in [0, 0.05) is 11.4 Å². The molecule has 1 heterocycles. The van der Waals surface area contributed by atoms with Crippen LogP contribution in [0.25, 0.3) is 0 Å². The average Bonchev–Trinajstić information content (AvgIpc) is 2.56. The molecule has 1 aromatic heterocycles. The molecule has 0 saturated carbocycles. The topological polar surface area (TPSA) is 29.1 Å². The molecule has 0 aliphatic heterocycles. The van der Waals surface area contributed by atoms with E-state index in [1.54, 1.807) is 11.3 Å². The third-order valence-electron chi connectivity index (χ3n) is 2.30. The van der Waals surface area contributed by atoms with Crippen molar-refractivity contribution < 1.29 is 4.79 Å². The molecule has 1 rings (SSSR count). The van der Waals surface area contributed by atoms with Crippen molar-refractivity contribution in [1.82, 2.24) is 5.32 Å². The fourth-order valence-electron chi connectivity index (χ4n) is 1.37. The first kappa shape index (κ1) is 12.2. The molecule has 3 heteroatoms. The summed E-state index contributed by atoms with van der Waals surface area (Å²) in [7, 11) is 0. The summed E-state index contributed by atoms with van der Waals surface area (Å²) >= 11 is 1.59. The van der Waals surface area contributed by atoms with Crippen LogP contribution >= 0.6 is 11.3 Å². The average molecular weight is 225 g/mol. The van der Waals surface area contributed by atoms with Gasteiger partial charge in [-0.05, 0) is 30.9 Å². The summed E-state index contributed by atoms with van der Waals surface area (Å²) in [6.07, 6.45) is 1.000. The van der Waals surface area contributed by atoms with Crippen LogP contribution in [0.2, 0.25) is 0 Å². The van der Waals surface area contributed by atoms with Gasteiger partial charge in [0.2, 0.25) is 0 Å². The molecule has 0 saturated heterocycles. The zero-order chi connectivity index (χ0) is 11.4. The molecule has 84 valence electrons. The number of carbonyl (C=O) groups is 1. The molecule has 0 unspecified atom stereocenters. The summed E-state index contributed by atoms with van der Waals surface area (Å²) in [4.78, 5) is 13.8. The van der Waals surface area contributed by atoms with Crippen LogP contribution in [-0.4, -0.2) is 12.5 Å². The second kappa shape index (κ2) is 5.31. The zero-order valence-corrected chi connectivity index (χ0v) is 10.7. The summed E-state index contributed by atoms with van der Waals surface area (Å²) in [5, 5.41) is 2.93. The van der Waals surface area contributed by atoms with Gasteiger partial charge >= 0.3 is 0 Å². The molecule has 0 fully saturated rings. The molecular formula is C12H19NOS. The van der Waals surface area contributed by atoms with Crippen LogP contribution in [0, 0.1) is 12.8 Å². The molecule has 0 aliphatic carbocycles. The quantitative estimate of drug-likeness (QED) is 0.838. The number of hydrogen-bond donors (Lipinski definition) is 1. The van der Waals surface area contributed by atoms with Crippen molar-refractivity contribution >= 4 is 17.2 Å². The molecule has 0 aromatic carbocycles. The summed E-state index contributed by atoms with van der Waals surface area (Å²) in [6, 6.07) is 2.01. The second-order valence-electron chi connectivity index (χ2n) is 4.15. The van der Waals surface area contributed by atoms with E-state index in [0.29, 0.717) is 5.92 Å². The first-order chi connectivity index (χ1) is 7.04. The van der Waals surface area contributed by atoms with E-state index in [-0.39, 0.29) is 5.91 Å². The van der Waals surface area contributed by atoms with E-state index >= 15 is 0 Å². The van der Waals surface area contributed by atoms with Gasteiger partial charge in [0.25, 0.3) is 5.91 Å². The number of thiophene rings is 1. The van der Waals surface area contributed by atoms with Crippen molar-refractivity contribution in [3.8, 4) is 0 Å². The number of rotatable bonds is 4. The monoisotopic (exact) mass is 225 g/mol. The van der Waals surface area contributed by atoms with Gasteiger partial charge in [-0.2, -0.15) is 0 Å². The minimum atomic E-state index is 0.0662. The molecule has 0 bridgehead atoms. The van der Waals surface area contributed by atoms with Crippen LogP contribution in [0.4, 0.5) is 0 Å². The number of amides is 1. The van der Waals surface area contributed by atoms with Crippen molar-refractivity contribution in [3.05, 3.63) is 21.4 Å². The van der Waals surface area contributed by atoms with E-state index in [1.807, 2.05) is 6.07 Å². The van der Waals surface area contributed by atoms with Gasteiger partial charge in [0.15, 0.2) is 0 Å². The lowest BCUT2D eigenvalue weighted by Gasteiger charge is -2.05. The van der Waals surface area contributed by atoms with Gasteiger partial charge in [-0.25, -0.2) is 0 Å². The van der Waals surface area contributed by atoms with Crippen LogP contribution < -0.4 is 5.32 Å². The Labute approximate surface area is 95.7 Å². The van der Waals surface area contributed by atoms with E-state index in [9.17, 15) is 4.79 Å². The maximum atomic E-state index is 11.7.